The molecule has 3 aromatic heterocycles. The highest BCUT2D eigenvalue weighted by atomic mass is 32.1. The van der Waals surface area contributed by atoms with Crippen LogP contribution in [0.4, 0.5) is 0 Å². The predicted octanol–water partition coefficient (Wildman–Crippen LogP) is 7.59. The van der Waals surface area contributed by atoms with E-state index in [1.165, 1.54) is 15.5 Å². The first-order chi connectivity index (χ1) is 16.3. The van der Waals surface area contributed by atoms with Crippen LogP contribution in [-0.2, 0) is 9.31 Å². The Labute approximate surface area is 199 Å². The van der Waals surface area contributed by atoms with Gasteiger partial charge in [-0.15, -0.1) is 11.3 Å². The fourth-order valence-electron chi connectivity index (χ4n) is 5.45. The van der Waals surface area contributed by atoms with Crippen LogP contribution in [0.25, 0.3) is 64.0 Å². The summed E-state index contributed by atoms with van der Waals surface area (Å²) in [6, 6.07) is 18.9. The SMILES string of the molecule is CC1(C)OB(c2ccc3oc4ccc5oc6cc7ccccc7c7sc2c3c4c5c67)OC1(C)C. The molecule has 0 radical (unpaired) electrons. The Hall–Kier alpha value is -3.06. The molecule has 4 aromatic carbocycles. The van der Waals surface area contributed by atoms with Crippen LogP contribution < -0.4 is 5.46 Å². The van der Waals surface area contributed by atoms with E-state index in [9.17, 15) is 0 Å². The molecule has 0 unspecified atom stereocenters. The molecule has 1 aliphatic heterocycles. The second kappa shape index (κ2) is 5.95. The van der Waals surface area contributed by atoms with Crippen molar-refractivity contribution < 1.29 is 18.1 Å². The summed E-state index contributed by atoms with van der Waals surface area (Å²) in [6.45, 7) is 8.38. The zero-order valence-corrected chi connectivity index (χ0v) is 20.1. The quantitative estimate of drug-likeness (QED) is 0.235. The number of benzene rings is 4. The van der Waals surface area contributed by atoms with Crippen LogP contribution in [-0.4, -0.2) is 18.3 Å². The van der Waals surface area contributed by atoms with Crippen molar-refractivity contribution >= 4 is 88.0 Å². The molecule has 166 valence electrons. The second-order valence-corrected chi connectivity index (χ2v) is 11.4. The van der Waals surface area contributed by atoms with Crippen LogP contribution in [0.5, 0.6) is 0 Å². The van der Waals surface area contributed by atoms with Gasteiger partial charge in [0.2, 0.25) is 0 Å². The summed E-state index contributed by atoms with van der Waals surface area (Å²) in [5.74, 6) is 0. The topological polar surface area (TPSA) is 44.7 Å². The first-order valence-corrected chi connectivity index (χ1v) is 12.4. The normalized spacial score (nSPS) is 18.2. The van der Waals surface area contributed by atoms with E-state index >= 15 is 0 Å². The Morgan fingerprint density at radius 2 is 1.24 bits per heavy atom. The average Bonchev–Trinajstić information content (AvgIpc) is 3.37. The highest BCUT2D eigenvalue weighted by molar-refractivity contribution is 7.27. The molecule has 0 saturated carbocycles. The van der Waals surface area contributed by atoms with Crippen LogP contribution in [0.2, 0.25) is 0 Å². The summed E-state index contributed by atoms with van der Waals surface area (Å²) < 4.78 is 28.1. The van der Waals surface area contributed by atoms with E-state index in [1.807, 2.05) is 12.1 Å². The van der Waals surface area contributed by atoms with E-state index in [0.29, 0.717) is 0 Å². The molecule has 7 aromatic rings. The summed E-state index contributed by atoms with van der Waals surface area (Å²) in [7, 11) is -0.455. The van der Waals surface area contributed by atoms with Gasteiger partial charge in [0.1, 0.15) is 22.3 Å². The highest BCUT2D eigenvalue weighted by Gasteiger charge is 2.52. The van der Waals surface area contributed by atoms with Gasteiger partial charge in [0.15, 0.2) is 0 Å². The molecule has 4 heterocycles. The lowest BCUT2D eigenvalue weighted by atomic mass is 9.78. The van der Waals surface area contributed by atoms with Gasteiger partial charge in [-0.3, -0.25) is 0 Å². The minimum Gasteiger partial charge on any atom is -0.456 e. The lowest BCUT2D eigenvalue weighted by Crippen LogP contribution is -2.41. The first-order valence-electron chi connectivity index (χ1n) is 11.6. The van der Waals surface area contributed by atoms with Crippen molar-refractivity contribution in [3.63, 3.8) is 0 Å². The van der Waals surface area contributed by atoms with Gasteiger partial charge in [-0.05, 0) is 62.7 Å². The summed E-state index contributed by atoms with van der Waals surface area (Å²) in [6.07, 6.45) is 0. The average molecular weight is 464 g/mol. The van der Waals surface area contributed by atoms with Crippen molar-refractivity contribution in [2.45, 2.75) is 38.9 Å². The van der Waals surface area contributed by atoms with Crippen LogP contribution in [0.3, 0.4) is 0 Å². The van der Waals surface area contributed by atoms with Gasteiger partial charge in [-0.1, -0.05) is 30.3 Å². The Morgan fingerprint density at radius 3 is 1.97 bits per heavy atom. The number of hydrogen-bond donors (Lipinski definition) is 0. The van der Waals surface area contributed by atoms with E-state index in [-0.39, 0.29) is 0 Å². The molecule has 0 atom stereocenters. The lowest BCUT2D eigenvalue weighted by Gasteiger charge is -2.32. The minimum atomic E-state index is -0.455. The standard InChI is InChI=1S/C28H21BO4S/c1-27(2)28(3,4)33-29(32-27)16-9-10-19-23-21-17(30-19)11-12-18-22(21)24-20(31-18)13-14-7-5-6-8-15(14)25(24)34-26(16)23/h5-13H,1-4H3. The Morgan fingerprint density at radius 1 is 0.647 bits per heavy atom. The molecular formula is C28H21BO4S. The maximum atomic E-state index is 6.51. The third kappa shape index (κ3) is 2.22. The molecule has 1 fully saturated rings. The van der Waals surface area contributed by atoms with Crippen molar-refractivity contribution in [1.82, 2.24) is 0 Å². The maximum Gasteiger partial charge on any atom is 0.496 e. The fourth-order valence-corrected chi connectivity index (χ4v) is 6.84. The van der Waals surface area contributed by atoms with Crippen molar-refractivity contribution in [3.05, 3.63) is 54.6 Å². The molecule has 34 heavy (non-hydrogen) atoms. The highest BCUT2D eigenvalue weighted by Crippen LogP contribution is 2.48. The number of rotatable bonds is 1. The van der Waals surface area contributed by atoms with Crippen LogP contribution in [0.1, 0.15) is 27.7 Å². The zero-order valence-electron chi connectivity index (χ0n) is 19.3. The molecule has 0 aliphatic carbocycles. The van der Waals surface area contributed by atoms with E-state index in [0.717, 1.165) is 54.0 Å². The van der Waals surface area contributed by atoms with Crippen molar-refractivity contribution in [3.8, 4) is 0 Å². The van der Waals surface area contributed by atoms with Crippen molar-refractivity contribution in [1.29, 1.82) is 0 Å². The van der Waals surface area contributed by atoms with Gasteiger partial charge in [0.25, 0.3) is 0 Å². The molecule has 4 nitrogen and oxygen atoms in total. The predicted molar refractivity (Wildman–Crippen MR) is 141 cm³/mol. The largest absolute Gasteiger partial charge is 0.496 e. The molecule has 0 spiro atoms. The van der Waals surface area contributed by atoms with Crippen LogP contribution in [0, 0.1) is 0 Å². The summed E-state index contributed by atoms with van der Waals surface area (Å²) >= 11 is 1.78. The molecule has 0 N–H and O–H groups in total. The molecule has 1 saturated heterocycles. The van der Waals surface area contributed by atoms with Gasteiger partial charge in [0, 0.05) is 36.4 Å². The van der Waals surface area contributed by atoms with E-state index < -0.39 is 18.3 Å². The zero-order chi connectivity index (χ0) is 23.0. The molecule has 1 aliphatic rings. The molecule has 0 bridgehead atoms. The Balaban J connectivity index is 1.62. The lowest BCUT2D eigenvalue weighted by molar-refractivity contribution is 0.00578. The van der Waals surface area contributed by atoms with E-state index in [2.05, 4.69) is 70.2 Å². The fraction of sp³-hybridized carbons (Fsp3) is 0.214. The summed E-state index contributed by atoms with van der Waals surface area (Å²) in [5, 5.41) is 6.90. The number of hydrogen-bond acceptors (Lipinski definition) is 5. The Bertz CT molecular complexity index is 1920. The Kier molecular flexibility index (Phi) is 3.37. The molecule has 0 amide bonds. The monoisotopic (exact) mass is 464 g/mol. The number of furan rings is 2. The van der Waals surface area contributed by atoms with E-state index in [4.69, 9.17) is 18.1 Å². The van der Waals surface area contributed by atoms with Crippen LogP contribution >= 0.6 is 11.3 Å². The van der Waals surface area contributed by atoms with Crippen LogP contribution in [0.15, 0.2) is 63.4 Å². The first kappa shape index (κ1) is 19.3. The van der Waals surface area contributed by atoms with Crippen molar-refractivity contribution in [2.24, 2.45) is 0 Å². The smallest absolute Gasteiger partial charge is 0.456 e. The van der Waals surface area contributed by atoms with Gasteiger partial charge >= 0.3 is 7.12 Å². The molecular weight excluding hydrogens is 443 g/mol. The molecule has 6 heteroatoms. The minimum absolute atomic E-state index is 0.414. The van der Waals surface area contributed by atoms with Gasteiger partial charge in [0.05, 0.1) is 11.2 Å². The van der Waals surface area contributed by atoms with Gasteiger partial charge < -0.3 is 18.1 Å². The third-order valence-corrected chi connectivity index (χ3v) is 9.17. The van der Waals surface area contributed by atoms with Gasteiger partial charge in [-0.25, -0.2) is 0 Å². The maximum absolute atomic E-state index is 6.51. The summed E-state index contributed by atoms with van der Waals surface area (Å²) in [4.78, 5) is 0. The van der Waals surface area contributed by atoms with Crippen molar-refractivity contribution in [2.75, 3.05) is 0 Å². The molecule has 8 rings (SSSR count). The second-order valence-electron chi connectivity index (χ2n) is 10.4. The van der Waals surface area contributed by atoms with Gasteiger partial charge in [-0.2, -0.15) is 0 Å². The third-order valence-electron chi connectivity index (χ3n) is 7.90. The van der Waals surface area contributed by atoms with E-state index in [1.54, 1.807) is 11.3 Å². The summed E-state index contributed by atoms with van der Waals surface area (Å²) in [5.41, 5.74) is 3.75. The number of fused-ring (bicyclic) bond motifs is 2.